The van der Waals surface area contributed by atoms with Gasteiger partial charge in [-0.3, -0.25) is 9.59 Å². The fraction of sp³-hybridized carbons (Fsp3) is 0.438. The molecule has 1 amide bonds. The molecule has 7 heteroatoms. The zero-order valence-corrected chi connectivity index (χ0v) is 13.8. The molecule has 23 heavy (non-hydrogen) atoms. The van der Waals surface area contributed by atoms with Gasteiger partial charge in [-0.2, -0.15) is 5.10 Å². The van der Waals surface area contributed by atoms with Crippen molar-refractivity contribution in [2.45, 2.75) is 25.4 Å². The van der Waals surface area contributed by atoms with Gasteiger partial charge in [0.1, 0.15) is 5.69 Å². The standard InChI is InChI=1S/C16H19N3O3S/c1-18-15(20)5-4-14(17-18)16(21)19(11-13-3-2-10-23-13)12-6-8-22-9-7-12/h2-5,10,12H,6-9,11H2,1H3. The van der Waals surface area contributed by atoms with E-state index in [0.29, 0.717) is 25.5 Å². The summed E-state index contributed by atoms with van der Waals surface area (Å²) in [5.41, 5.74) is 0.0765. The van der Waals surface area contributed by atoms with Gasteiger partial charge < -0.3 is 9.64 Å². The van der Waals surface area contributed by atoms with Crippen molar-refractivity contribution in [1.29, 1.82) is 0 Å². The second-order valence-corrected chi connectivity index (χ2v) is 6.57. The Hall–Kier alpha value is -1.99. The first kappa shape index (κ1) is 15.9. The van der Waals surface area contributed by atoms with Gasteiger partial charge in [-0.15, -0.1) is 11.3 Å². The highest BCUT2D eigenvalue weighted by Crippen LogP contribution is 2.21. The van der Waals surface area contributed by atoms with Gasteiger partial charge in [0, 0.05) is 37.2 Å². The summed E-state index contributed by atoms with van der Waals surface area (Å²) in [4.78, 5) is 27.4. The van der Waals surface area contributed by atoms with Crippen LogP contribution in [0.25, 0.3) is 0 Å². The number of carbonyl (C=O) groups is 1. The predicted octanol–water partition coefficient (Wildman–Crippen LogP) is 1.66. The maximum absolute atomic E-state index is 12.9. The number of hydrogen-bond donors (Lipinski definition) is 0. The number of aryl methyl sites for hydroxylation is 1. The molecule has 0 aromatic carbocycles. The Kier molecular flexibility index (Phi) is 4.88. The van der Waals surface area contributed by atoms with Gasteiger partial charge >= 0.3 is 0 Å². The Morgan fingerprint density at radius 2 is 2.17 bits per heavy atom. The Bertz CT molecular complexity index is 720. The number of rotatable bonds is 4. The van der Waals surface area contributed by atoms with Gasteiger partial charge in [0.2, 0.25) is 0 Å². The molecule has 3 heterocycles. The second kappa shape index (κ2) is 7.06. The highest BCUT2D eigenvalue weighted by Gasteiger charge is 2.28. The van der Waals surface area contributed by atoms with E-state index in [1.807, 2.05) is 22.4 Å². The molecule has 1 aliphatic rings. The number of ether oxygens (including phenoxy) is 1. The molecule has 122 valence electrons. The zero-order valence-electron chi connectivity index (χ0n) is 13.0. The summed E-state index contributed by atoms with van der Waals surface area (Å²) < 4.78 is 6.60. The molecule has 0 radical (unpaired) electrons. The maximum atomic E-state index is 12.9. The number of nitrogens with zero attached hydrogens (tertiary/aromatic N) is 3. The molecule has 0 saturated carbocycles. The zero-order chi connectivity index (χ0) is 16.2. The molecule has 0 atom stereocenters. The number of carbonyl (C=O) groups excluding carboxylic acids is 1. The third kappa shape index (κ3) is 3.68. The fourth-order valence-electron chi connectivity index (χ4n) is 2.70. The summed E-state index contributed by atoms with van der Waals surface area (Å²) in [6.07, 6.45) is 1.64. The molecule has 1 saturated heterocycles. The van der Waals surface area contributed by atoms with Crippen molar-refractivity contribution in [3.05, 3.63) is 50.6 Å². The van der Waals surface area contributed by atoms with E-state index in [1.54, 1.807) is 18.4 Å². The van der Waals surface area contributed by atoms with E-state index in [-0.39, 0.29) is 17.5 Å². The Labute approximate surface area is 138 Å². The molecular formula is C16H19N3O3S. The molecular weight excluding hydrogens is 314 g/mol. The average molecular weight is 333 g/mol. The Morgan fingerprint density at radius 1 is 1.39 bits per heavy atom. The van der Waals surface area contributed by atoms with Gasteiger partial charge in [0.15, 0.2) is 0 Å². The van der Waals surface area contributed by atoms with Crippen LogP contribution in [0, 0.1) is 0 Å². The van der Waals surface area contributed by atoms with Crippen molar-refractivity contribution in [2.24, 2.45) is 7.05 Å². The van der Waals surface area contributed by atoms with Gasteiger partial charge in [-0.05, 0) is 30.4 Å². The van der Waals surface area contributed by atoms with Crippen LogP contribution in [0.5, 0.6) is 0 Å². The smallest absolute Gasteiger partial charge is 0.274 e. The third-order valence-electron chi connectivity index (χ3n) is 3.98. The van der Waals surface area contributed by atoms with Crippen molar-refractivity contribution in [2.75, 3.05) is 13.2 Å². The molecule has 1 fully saturated rings. The van der Waals surface area contributed by atoms with Crippen LogP contribution in [-0.4, -0.2) is 39.8 Å². The Morgan fingerprint density at radius 3 is 2.83 bits per heavy atom. The Balaban J connectivity index is 1.87. The monoisotopic (exact) mass is 333 g/mol. The van der Waals surface area contributed by atoms with E-state index >= 15 is 0 Å². The summed E-state index contributed by atoms with van der Waals surface area (Å²) in [5.74, 6) is -0.138. The first-order valence-electron chi connectivity index (χ1n) is 7.60. The van der Waals surface area contributed by atoms with Crippen LogP contribution in [0.2, 0.25) is 0 Å². The SMILES string of the molecule is Cn1nc(C(=O)N(Cc2cccs2)C2CCOCC2)ccc1=O. The molecule has 3 rings (SSSR count). The minimum absolute atomic E-state index is 0.136. The molecule has 0 spiro atoms. The van der Waals surface area contributed by atoms with Crippen LogP contribution in [0.15, 0.2) is 34.4 Å². The van der Waals surface area contributed by atoms with Gasteiger partial charge in [-0.25, -0.2) is 4.68 Å². The number of amides is 1. The summed E-state index contributed by atoms with van der Waals surface area (Å²) in [6, 6.07) is 7.03. The maximum Gasteiger partial charge on any atom is 0.274 e. The van der Waals surface area contributed by atoms with Crippen LogP contribution >= 0.6 is 11.3 Å². The number of thiophene rings is 1. The van der Waals surface area contributed by atoms with E-state index in [4.69, 9.17) is 4.74 Å². The minimum atomic E-state index is -0.225. The normalized spacial score (nSPS) is 15.5. The van der Waals surface area contributed by atoms with E-state index in [9.17, 15) is 9.59 Å². The number of aromatic nitrogens is 2. The molecule has 6 nitrogen and oxygen atoms in total. The number of hydrogen-bond acceptors (Lipinski definition) is 5. The van der Waals surface area contributed by atoms with Crippen molar-refractivity contribution in [3.63, 3.8) is 0 Å². The molecule has 0 unspecified atom stereocenters. The van der Waals surface area contributed by atoms with Crippen molar-refractivity contribution in [3.8, 4) is 0 Å². The van der Waals surface area contributed by atoms with Crippen molar-refractivity contribution in [1.82, 2.24) is 14.7 Å². The predicted molar refractivity (Wildman–Crippen MR) is 87.5 cm³/mol. The third-order valence-corrected chi connectivity index (χ3v) is 4.84. The molecule has 0 aliphatic carbocycles. The molecule has 2 aromatic rings. The van der Waals surface area contributed by atoms with Gasteiger partial charge in [0.05, 0.1) is 6.54 Å². The van der Waals surface area contributed by atoms with Crippen molar-refractivity contribution >= 4 is 17.2 Å². The van der Waals surface area contributed by atoms with E-state index in [1.165, 1.54) is 16.8 Å². The van der Waals surface area contributed by atoms with Gasteiger partial charge in [-0.1, -0.05) is 6.07 Å². The summed E-state index contributed by atoms with van der Waals surface area (Å²) in [7, 11) is 1.55. The van der Waals surface area contributed by atoms with E-state index in [2.05, 4.69) is 5.10 Å². The lowest BCUT2D eigenvalue weighted by Crippen LogP contribution is -2.43. The molecule has 2 aromatic heterocycles. The minimum Gasteiger partial charge on any atom is -0.381 e. The molecule has 0 N–H and O–H groups in total. The largest absolute Gasteiger partial charge is 0.381 e. The molecule has 0 bridgehead atoms. The fourth-order valence-corrected chi connectivity index (χ4v) is 3.40. The lowest BCUT2D eigenvalue weighted by molar-refractivity contribution is 0.0265. The highest BCUT2D eigenvalue weighted by atomic mass is 32.1. The lowest BCUT2D eigenvalue weighted by Gasteiger charge is -2.34. The topological polar surface area (TPSA) is 64.4 Å². The van der Waals surface area contributed by atoms with Crippen molar-refractivity contribution < 1.29 is 9.53 Å². The first-order chi connectivity index (χ1) is 11.1. The van der Waals surface area contributed by atoms with Gasteiger partial charge in [0.25, 0.3) is 11.5 Å². The second-order valence-electron chi connectivity index (χ2n) is 5.54. The van der Waals surface area contributed by atoms with E-state index < -0.39 is 0 Å². The first-order valence-corrected chi connectivity index (χ1v) is 8.48. The summed E-state index contributed by atoms with van der Waals surface area (Å²) in [6.45, 7) is 1.89. The highest BCUT2D eigenvalue weighted by molar-refractivity contribution is 7.09. The van der Waals surface area contributed by atoms with Crippen LogP contribution in [0.1, 0.15) is 28.2 Å². The average Bonchev–Trinajstić information content (AvgIpc) is 3.08. The van der Waals surface area contributed by atoms with Crippen LogP contribution in [0.3, 0.4) is 0 Å². The summed E-state index contributed by atoms with van der Waals surface area (Å²) >= 11 is 1.63. The lowest BCUT2D eigenvalue weighted by atomic mass is 10.1. The van der Waals surface area contributed by atoms with E-state index in [0.717, 1.165) is 17.7 Å². The quantitative estimate of drug-likeness (QED) is 0.854. The molecule has 1 aliphatic heterocycles. The van der Waals surface area contributed by atoms with Crippen LogP contribution < -0.4 is 5.56 Å². The van der Waals surface area contributed by atoms with Crippen LogP contribution in [-0.2, 0) is 18.3 Å². The van der Waals surface area contributed by atoms with Crippen LogP contribution in [0.4, 0.5) is 0 Å². The summed E-state index contributed by atoms with van der Waals surface area (Å²) in [5, 5.41) is 6.11.